The molecule has 2 fully saturated rings. The summed E-state index contributed by atoms with van der Waals surface area (Å²) in [5.74, 6) is 1.50. The summed E-state index contributed by atoms with van der Waals surface area (Å²) in [6, 6.07) is 18.0. The standard InChI is InChI=1S/C30H41N3O3/c1-3-26(23-11-5-4-6-12-23)30(35)33-21-19-32(20-22-33)28(25-14-7-8-15-25)29(34)31-18-17-24-13-9-10-16-27(24)36-2/h4-6,9-13,16,25-26,28H,3,7-8,14-15,17-22H2,1-2H3,(H,31,34). The normalized spacial score (nSPS) is 18.6. The van der Waals surface area contributed by atoms with Gasteiger partial charge in [0.2, 0.25) is 11.8 Å². The van der Waals surface area contributed by atoms with Crippen molar-refractivity contribution in [1.29, 1.82) is 0 Å². The number of hydrogen-bond donors (Lipinski definition) is 1. The molecule has 0 bridgehead atoms. The molecule has 4 rings (SSSR count). The van der Waals surface area contributed by atoms with Crippen molar-refractivity contribution in [3.05, 3.63) is 65.7 Å². The third-order valence-corrected chi connectivity index (χ3v) is 7.93. The number of nitrogens with zero attached hydrogens (tertiary/aromatic N) is 2. The quantitative estimate of drug-likeness (QED) is 0.540. The van der Waals surface area contributed by atoms with E-state index in [1.807, 2.05) is 53.4 Å². The number of carbonyl (C=O) groups is 2. The smallest absolute Gasteiger partial charge is 0.237 e. The SMILES string of the molecule is CCC(C(=O)N1CCN(C(C(=O)NCCc2ccccc2OC)C2CCCC2)CC1)c1ccccc1. The lowest BCUT2D eigenvalue weighted by atomic mass is 9.93. The minimum absolute atomic E-state index is 0.0957. The van der Waals surface area contributed by atoms with Crippen LogP contribution in [-0.2, 0) is 16.0 Å². The highest BCUT2D eigenvalue weighted by atomic mass is 16.5. The van der Waals surface area contributed by atoms with Crippen LogP contribution in [0.5, 0.6) is 5.75 Å². The Balaban J connectivity index is 1.35. The molecule has 194 valence electrons. The Kier molecular flexibility index (Phi) is 9.40. The van der Waals surface area contributed by atoms with Gasteiger partial charge in [-0.25, -0.2) is 0 Å². The number of benzene rings is 2. The van der Waals surface area contributed by atoms with Gasteiger partial charge in [0.25, 0.3) is 0 Å². The fourth-order valence-corrected chi connectivity index (χ4v) is 5.96. The van der Waals surface area contributed by atoms with Crippen molar-refractivity contribution >= 4 is 11.8 Å². The van der Waals surface area contributed by atoms with E-state index in [1.54, 1.807) is 7.11 Å². The summed E-state index contributed by atoms with van der Waals surface area (Å²) in [6.45, 7) is 5.53. The minimum atomic E-state index is -0.112. The largest absolute Gasteiger partial charge is 0.496 e. The van der Waals surface area contributed by atoms with Crippen LogP contribution in [0.25, 0.3) is 0 Å². The second kappa shape index (κ2) is 12.9. The van der Waals surface area contributed by atoms with E-state index in [0.717, 1.165) is 55.6 Å². The predicted molar refractivity (Wildman–Crippen MR) is 143 cm³/mol. The monoisotopic (exact) mass is 491 g/mol. The van der Waals surface area contributed by atoms with Gasteiger partial charge in [-0.2, -0.15) is 0 Å². The van der Waals surface area contributed by atoms with Crippen molar-refractivity contribution in [2.24, 2.45) is 5.92 Å². The van der Waals surface area contributed by atoms with Crippen LogP contribution in [0.3, 0.4) is 0 Å². The van der Waals surface area contributed by atoms with Gasteiger partial charge in [0.05, 0.1) is 19.1 Å². The molecule has 1 heterocycles. The Bertz CT molecular complexity index is 982. The summed E-state index contributed by atoms with van der Waals surface area (Å²) in [6.07, 6.45) is 6.15. The van der Waals surface area contributed by atoms with E-state index in [2.05, 4.69) is 23.2 Å². The van der Waals surface area contributed by atoms with Crippen LogP contribution in [-0.4, -0.2) is 67.5 Å². The average molecular weight is 492 g/mol. The predicted octanol–water partition coefficient (Wildman–Crippen LogP) is 4.25. The maximum atomic E-state index is 13.5. The fourth-order valence-electron chi connectivity index (χ4n) is 5.96. The van der Waals surface area contributed by atoms with Gasteiger partial charge in [-0.05, 0) is 48.8 Å². The van der Waals surface area contributed by atoms with Crippen LogP contribution in [0.15, 0.2) is 54.6 Å². The van der Waals surface area contributed by atoms with Crippen LogP contribution in [0.1, 0.15) is 56.1 Å². The van der Waals surface area contributed by atoms with Gasteiger partial charge in [0.15, 0.2) is 0 Å². The van der Waals surface area contributed by atoms with Gasteiger partial charge in [-0.15, -0.1) is 0 Å². The van der Waals surface area contributed by atoms with Gasteiger partial charge in [0, 0.05) is 32.7 Å². The molecule has 6 nitrogen and oxygen atoms in total. The summed E-state index contributed by atoms with van der Waals surface area (Å²) in [5.41, 5.74) is 2.19. The second-order valence-electron chi connectivity index (χ2n) is 10.1. The molecule has 1 saturated heterocycles. The molecule has 2 amide bonds. The summed E-state index contributed by atoms with van der Waals surface area (Å²) in [4.78, 5) is 31.1. The Morgan fingerprint density at radius 3 is 2.31 bits per heavy atom. The van der Waals surface area contributed by atoms with Gasteiger partial charge >= 0.3 is 0 Å². The van der Waals surface area contributed by atoms with Crippen molar-refractivity contribution in [3.63, 3.8) is 0 Å². The zero-order chi connectivity index (χ0) is 25.3. The topological polar surface area (TPSA) is 61.9 Å². The van der Waals surface area contributed by atoms with Crippen LogP contribution < -0.4 is 10.1 Å². The highest BCUT2D eigenvalue weighted by Gasteiger charge is 2.37. The Morgan fingerprint density at radius 2 is 1.64 bits per heavy atom. The molecule has 2 aliphatic rings. The van der Waals surface area contributed by atoms with Crippen LogP contribution in [0.2, 0.25) is 0 Å². The molecular weight excluding hydrogens is 450 g/mol. The molecule has 0 spiro atoms. The molecule has 36 heavy (non-hydrogen) atoms. The Labute approximate surface area is 216 Å². The number of piperazine rings is 1. The zero-order valence-corrected chi connectivity index (χ0v) is 21.8. The minimum Gasteiger partial charge on any atom is -0.496 e. The number of para-hydroxylation sites is 1. The zero-order valence-electron chi connectivity index (χ0n) is 21.8. The molecule has 2 aromatic rings. The third kappa shape index (κ3) is 6.28. The number of rotatable bonds is 10. The molecule has 2 unspecified atom stereocenters. The summed E-state index contributed by atoms with van der Waals surface area (Å²) in [7, 11) is 1.68. The molecule has 1 aliphatic heterocycles. The van der Waals surface area contributed by atoms with E-state index in [9.17, 15) is 9.59 Å². The molecule has 1 saturated carbocycles. The van der Waals surface area contributed by atoms with Crippen molar-refractivity contribution < 1.29 is 14.3 Å². The number of hydrogen-bond acceptors (Lipinski definition) is 4. The van der Waals surface area contributed by atoms with Crippen LogP contribution in [0.4, 0.5) is 0 Å². The summed E-state index contributed by atoms with van der Waals surface area (Å²) >= 11 is 0. The van der Waals surface area contributed by atoms with Crippen molar-refractivity contribution in [2.45, 2.75) is 57.4 Å². The molecule has 1 N–H and O–H groups in total. The van der Waals surface area contributed by atoms with E-state index >= 15 is 0 Å². The number of amides is 2. The molecule has 0 radical (unpaired) electrons. The lowest BCUT2D eigenvalue weighted by Gasteiger charge is -2.41. The molecule has 1 aliphatic carbocycles. The average Bonchev–Trinajstić information content (AvgIpc) is 3.45. The third-order valence-electron chi connectivity index (χ3n) is 7.93. The van der Waals surface area contributed by atoms with E-state index in [-0.39, 0.29) is 23.8 Å². The first-order chi connectivity index (χ1) is 17.6. The van der Waals surface area contributed by atoms with E-state index in [1.165, 1.54) is 12.8 Å². The number of ether oxygens (including phenoxy) is 1. The van der Waals surface area contributed by atoms with Crippen molar-refractivity contribution in [2.75, 3.05) is 39.8 Å². The maximum absolute atomic E-state index is 13.5. The van der Waals surface area contributed by atoms with Crippen molar-refractivity contribution in [1.82, 2.24) is 15.1 Å². The highest BCUT2D eigenvalue weighted by Crippen LogP contribution is 2.31. The van der Waals surface area contributed by atoms with E-state index in [4.69, 9.17) is 4.74 Å². The first-order valence-electron chi connectivity index (χ1n) is 13.6. The number of carbonyl (C=O) groups excluding carboxylic acids is 2. The van der Waals surface area contributed by atoms with E-state index < -0.39 is 0 Å². The highest BCUT2D eigenvalue weighted by molar-refractivity contribution is 5.84. The number of methoxy groups -OCH3 is 1. The first-order valence-corrected chi connectivity index (χ1v) is 13.6. The Hall–Kier alpha value is -2.86. The van der Waals surface area contributed by atoms with Gasteiger partial charge in [-0.3, -0.25) is 14.5 Å². The van der Waals surface area contributed by atoms with Gasteiger partial charge in [0.1, 0.15) is 5.75 Å². The van der Waals surface area contributed by atoms with Crippen LogP contribution >= 0.6 is 0 Å². The molecule has 6 heteroatoms. The fraction of sp³-hybridized carbons (Fsp3) is 0.533. The molecule has 2 atom stereocenters. The Morgan fingerprint density at radius 1 is 0.972 bits per heavy atom. The van der Waals surface area contributed by atoms with Crippen LogP contribution in [0, 0.1) is 5.92 Å². The summed E-state index contributed by atoms with van der Waals surface area (Å²) in [5, 5.41) is 3.22. The molecular formula is C30H41N3O3. The van der Waals surface area contributed by atoms with Crippen molar-refractivity contribution in [3.8, 4) is 5.75 Å². The summed E-state index contributed by atoms with van der Waals surface area (Å²) < 4.78 is 5.46. The molecule has 0 aromatic heterocycles. The first kappa shape index (κ1) is 26.2. The molecule has 2 aromatic carbocycles. The van der Waals surface area contributed by atoms with Gasteiger partial charge in [-0.1, -0.05) is 68.3 Å². The van der Waals surface area contributed by atoms with Gasteiger partial charge < -0.3 is 15.0 Å². The lowest BCUT2D eigenvalue weighted by Crippen LogP contribution is -2.58. The number of nitrogens with one attached hydrogen (secondary N) is 1. The second-order valence-corrected chi connectivity index (χ2v) is 10.1. The lowest BCUT2D eigenvalue weighted by molar-refractivity contribution is -0.136. The maximum Gasteiger partial charge on any atom is 0.237 e. The van der Waals surface area contributed by atoms with E-state index in [0.29, 0.717) is 25.6 Å².